The van der Waals surface area contributed by atoms with Crippen LogP contribution in [0.2, 0.25) is 0 Å². The quantitative estimate of drug-likeness (QED) is 0.885. The Labute approximate surface area is 113 Å². The van der Waals surface area contributed by atoms with Gasteiger partial charge in [-0.2, -0.15) is 0 Å². The highest BCUT2D eigenvalue weighted by Crippen LogP contribution is 2.27. The molecule has 1 aliphatic rings. The molecular weight excluding hydrogens is 238 g/mol. The molecule has 0 radical (unpaired) electrons. The Morgan fingerprint density at radius 2 is 2.37 bits per heavy atom. The van der Waals surface area contributed by atoms with Crippen LogP contribution in [0.3, 0.4) is 0 Å². The molecule has 0 saturated carbocycles. The van der Waals surface area contributed by atoms with Gasteiger partial charge in [0.2, 0.25) is 0 Å². The number of fused-ring (bicyclic) bond motifs is 1. The molecule has 2 unspecified atom stereocenters. The third-order valence-electron chi connectivity index (χ3n) is 3.63. The summed E-state index contributed by atoms with van der Waals surface area (Å²) in [7, 11) is 0. The van der Waals surface area contributed by atoms with Gasteiger partial charge in [0.25, 0.3) is 0 Å². The molecule has 2 heterocycles. The van der Waals surface area contributed by atoms with E-state index in [-0.39, 0.29) is 12.1 Å². The lowest BCUT2D eigenvalue weighted by Crippen LogP contribution is -2.33. The second-order valence-electron chi connectivity index (χ2n) is 4.87. The number of nitrogens with zero attached hydrogens (tertiary/aromatic N) is 1. The molecule has 3 rings (SSSR count). The predicted molar refractivity (Wildman–Crippen MR) is 73.6 cm³/mol. The molecule has 1 aliphatic heterocycles. The van der Waals surface area contributed by atoms with E-state index in [9.17, 15) is 0 Å². The SMILES string of the molecule is CCC(NC1COCc2ccccc21)c1ncc[nH]1. The van der Waals surface area contributed by atoms with Gasteiger partial charge in [0.1, 0.15) is 5.82 Å². The van der Waals surface area contributed by atoms with Gasteiger partial charge >= 0.3 is 0 Å². The molecule has 2 aromatic rings. The van der Waals surface area contributed by atoms with Crippen LogP contribution >= 0.6 is 0 Å². The maximum absolute atomic E-state index is 5.68. The monoisotopic (exact) mass is 257 g/mol. The van der Waals surface area contributed by atoms with Crippen molar-refractivity contribution in [2.24, 2.45) is 0 Å². The maximum Gasteiger partial charge on any atom is 0.123 e. The van der Waals surface area contributed by atoms with Crippen LogP contribution < -0.4 is 5.32 Å². The van der Waals surface area contributed by atoms with E-state index in [1.54, 1.807) is 6.20 Å². The molecule has 0 amide bonds. The molecule has 19 heavy (non-hydrogen) atoms. The van der Waals surface area contributed by atoms with Gasteiger partial charge in [0.05, 0.1) is 25.3 Å². The zero-order valence-corrected chi connectivity index (χ0v) is 11.1. The fourth-order valence-corrected chi connectivity index (χ4v) is 2.62. The van der Waals surface area contributed by atoms with Crippen LogP contribution in [0, 0.1) is 0 Å². The highest BCUT2D eigenvalue weighted by Gasteiger charge is 2.23. The Balaban J connectivity index is 1.80. The first kappa shape index (κ1) is 12.4. The first-order valence-corrected chi connectivity index (χ1v) is 6.79. The van der Waals surface area contributed by atoms with Crippen LogP contribution in [-0.2, 0) is 11.3 Å². The Kier molecular flexibility index (Phi) is 3.62. The molecule has 0 fully saturated rings. The zero-order valence-electron chi connectivity index (χ0n) is 11.1. The number of nitrogens with one attached hydrogen (secondary N) is 2. The maximum atomic E-state index is 5.68. The molecule has 4 heteroatoms. The van der Waals surface area contributed by atoms with Crippen LogP contribution in [0.1, 0.15) is 42.4 Å². The van der Waals surface area contributed by atoms with Crippen molar-refractivity contribution < 1.29 is 4.74 Å². The molecule has 0 saturated heterocycles. The van der Waals surface area contributed by atoms with Crippen molar-refractivity contribution in [3.8, 4) is 0 Å². The summed E-state index contributed by atoms with van der Waals surface area (Å²) in [6, 6.07) is 8.94. The van der Waals surface area contributed by atoms with Crippen molar-refractivity contribution in [3.05, 3.63) is 53.6 Å². The Bertz CT molecular complexity index is 524. The number of aromatic amines is 1. The zero-order chi connectivity index (χ0) is 13.1. The molecule has 100 valence electrons. The average Bonchev–Trinajstić information content (AvgIpc) is 2.99. The van der Waals surface area contributed by atoms with E-state index in [1.165, 1.54) is 11.1 Å². The van der Waals surface area contributed by atoms with E-state index in [0.29, 0.717) is 13.2 Å². The Morgan fingerprint density at radius 1 is 1.47 bits per heavy atom. The van der Waals surface area contributed by atoms with Crippen LogP contribution in [0.15, 0.2) is 36.7 Å². The Morgan fingerprint density at radius 3 is 3.16 bits per heavy atom. The minimum Gasteiger partial charge on any atom is -0.375 e. The van der Waals surface area contributed by atoms with Crippen molar-refractivity contribution in [1.29, 1.82) is 0 Å². The number of rotatable bonds is 4. The van der Waals surface area contributed by atoms with Crippen LogP contribution in [0.25, 0.3) is 0 Å². The third-order valence-corrected chi connectivity index (χ3v) is 3.63. The minimum atomic E-state index is 0.231. The van der Waals surface area contributed by atoms with E-state index in [4.69, 9.17) is 4.74 Å². The van der Waals surface area contributed by atoms with Gasteiger partial charge in [-0.1, -0.05) is 31.2 Å². The lowest BCUT2D eigenvalue weighted by atomic mass is 9.98. The van der Waals surface area contributed by atoms with E-state index >= 15 is 0 Å². The molecule has 4 nitrogen and oxygen atoms in total. The number of benzene rings is 1. The summed E-state index contributed by atoms with van der Waals surface area (Å²) < 4.78 is 5.68. The van der Waals surface area contributed by atoms with Gasteiger partial charge in [-0.15, -0.1) is 0 Å². The number of hydrogen-bond acceptors (Lipinski definition) is 3. The van der Waals surface area contributed by atoms with Gasteiger partial charge in [0, 0.05) is 12.4 Å². The summed E-state index contributed by atoms with van der Waals surface area (Å²) in [4.78, 5) is 7.54. The van der Waals surface area contributed by atoms with Crippen molar-refractivity contribution >= 4 is 0 Å². The third kappa shape index (κ3) is 2.55. The van der Waals surface area contributed by atoms with E-state index < -0.39 is 0 Å². The number of aromatic nitrogens is 2. The summed E-state index contributed by atoms with van der Waals surface area (Å²) in [5.74, 6) is 0.991. The Hall–Kier alpha value is -1.65. The lowest BCUT2D eigenvalue weighted by Gasteiger charge is -2.29. The van der Waals surface area contributed by atoms with Crippen molar-refractivity contribution in [2.75, 3.05) is 6.61 Å². The molecule has 0 bridgehead atoms. The first-order valence-electron chi connectivity index (χ1n) is 6.79. The van der Waals surface area contributed by atoms with Crippen molar-refractivity contribution in [1.82, 2.24) is 15.3 Å². The van der Waals surface area contributed by atoms with E-state index in [0.717, 1.165) is 12.2 Å². The number of hydrogen-bond donors (Lipinski definition) is 2. The van der Waals surface area contributed by atoms with Crippen molar-refractivity contribution in [3.63, 3.8) is 0 Å². The summed E-state index contributed by atoms with van der Waals surface area (Å²) in [5.41, 5.74) is 2.62. The fourth-order valence-electron chi connectivity index (χ4n) is 2.62. The standard InChI is InChI=1S/C15H19N3O/c1-2-13(15-16-7-8-17-15)18-14-10-19-9-11-5-3-4-6-12(11)14/h3-8,13-14,18H,2,9-10H2,1H3,(H,16,17). The topological polar surface area (TPSA) is 49.9 Å². The van der Waals surface area contributed by atoms with Crippen molar-refractivity contribution in [2.45, 2.75) is 32.0 Å². The van der Waals surface area contributed by atoms with Gasteiger partial charge < -0.3 is 9.72 Å². The molecule has 2 N–H and O–H groups in total. The summed E-state index contributed by atoms with van der Waals surface area (Å²) in [6.07, 6.45) is 4.65. The molecule has 0 aliphatic carbocycles. The second kappa shape index (κ2) is 5.55. The average molecular weight is 257 g/mol. The van der Waals surface area contributed by atoms with E-state index in [1.807, 2.05) is 6.20 Å². The largest absolute Gasteiger partial charge is 0.375 e. The lowest BCUT2D eigenvalue weighted by molar-refractivity contribution is 0.0778. The predicted octanol–water partition coefficient (Wildman–Crippen LogP) is 2.72. The van der Waals surface area contributed by atoms with Gasteiger partial charge in [0.15, 0.2) is 0 Å². The smallest absolute Gasteiger partial charge is 0.123 e. The minimum absolute atomic E-state index is 0.231. The summed E-state index contributed by atoms with van der Waals surface area (Å²) >= 11 is 0. The second-order valence-corrected chi connectivity index (χ2v) is 4.87. The number of H-pyrrole nitrogens is 1. The van der Waals surface area contributed by atoms with Crippen LogP contribution in [0.4, 0.5) is 0 Å². The molecule has 1 aromatic carbocycles. The first-order chi connectivity index (χ1) is 9.38. The molecular formula is C15H19N3O. The number of imidazole rings is 1. The highest BCUT2D eigenvalue weighted by molar-refractivity contribution is 5.31. The normalized spacial score (nSPS) is 19.9. The molecule has 0 spiro atoms. The molecule has 2 atom stereocenters. The van der Waals surface area contributed by atoms with E-state index in [2.05, 4.69) is 46.5 Å². The molecule has 1 aromatic heterocycles. The van der Waals surface area contributed by atoms with Crippen LogP contribution in [-0.4, -0.2) is 16.6 Å². The van der Waals surface area contributed by atoms with Crippen LogP contribution in [0.5, 0.6) is 0 Å². The summed E-state index contributed by atoms with van der Waals surface area (Å²) in [5, 5.41) is 3.65. The summed E-state index contributed by atoms with van der Waals surface area (Å²) in [6.45, 7) is 3.59. The fraction of sp³-hybridized carbons (Fsp3) is 0.400. The highest BCUT2D eigenvalue weighted by atomic mass is 16.5. The number of ether oxygens (including phenoxy) is 1. The van der Waals surface area contributed by atoms with Gasteiger partial charge in [-0.3, -0.25) is 5.32 Å². The van der Waals surface area contributed by atoms with Gasteiger partial charge in [-0.05, 0) is 17.5 Å². The van der Waals surface area contributed by atoms with Gasteiger partial charge in [-0.25, -0.2) is 4.98 Å².